The van der Waals surface area contributed by atoms with Gasteiger partial charge in [-0.3, -0.25) is 28.9 Å². The predicted octanol–water partition coefficient (Wildman–Crippen LogP) is 1.83. The fraction of sp³-hybridized carbons (Fsp3) is 0.744. The van der Waals surface area contributed by atoms with Gasteiger partial charge >= 0.3 is 6.03 Å². The molecule has 18 nitrogen and oxygen atoms in total. The van der Waals surface area contributed by atoms with E-state index in [2.05, 4.69) is 43.8 Å². The number of rotatable bonds is 26. The number of aryl methyl sites for hydroxylation is 1. The van der Waals surface area contributed by atoms with E-state index in [1.807, 2.05) is 6.92 Å². The number of hydrogen-bond donors (Lipinski definition) is 8. The Bertz CT molecular complexity index is 1460. The average molecular weight is 872 g/mol. The number of aldehydes is 1. The van der Waals surface area contributed by atoms with E-state index in [4.69, 9.17) is 10.5 Å². The van der Waals surface area contributed by atoms with E-state index in [-0.39, 0.29) is 62.8 Å². The lowest BCUT2D eigenvalue weighted by Gasteiger charge is -2.26. The molecule has 9 N–H and O–H groups in total. The summed E-state index contributed by atoms with van der Waals surface area (Å²) in [5.41, 5.74) is 5.31. The Labute approximate surface area is 357 Å². The Morgan fingerprint density at radius 2 is 1.78 bits per heavy atom. The molecule has 3 atom stereocenters. The number of nitrogens with zero attached hydrogens (tertiary/aromatic N) is 2. The molecule has 0 aromatic carbocycles. The third-order valence-electron chi connectivity index (χ3n) is 9.03. The molecule has 0 radical (unpaired) electrons. The summed E-state index contributed by atoms with van der Waals surface area (Å²) in [5.74, 6) is -2.11. The first-order valence-electron chi connectivity index (χ1n) is 20.4. The Kier molecular flexibility index (Phi) is 26.7. The predicted molar refractivity (Wildman–Crippen MR) is 231 cm³/mol. The topological polar surface area (TPSA) is 263 Å². The van der Waals surface area contributed by atoms with Crippen molar-refractivity contribution in [3.8, 4) is 0 Å². The number of anilines is 1. The van der Waals surface area contributed by atoms with E-state index in [1.54, 1.807) is 32.2 Å². The van der Waals surface area contributed by atoms with Crippen LogP contribution in [-0.2, 0) is 46.3 Å². The van der Waals surface area contributed by atoms with Crippen LogP contribution in [-0.4, -0.2) is 133 Å². The molecule has 1 aromatic heterocycles. The number of hydrogen-bond acceptors (Lipinski definition) is 14. The number of thiazole rings is 1. The number of thioether (sulfide) groups is 1. The van der Waals surface area contributed by atoms with Crippen LogP contribution in [0.3, 0.4) is 0 Å². The zero-order valence-corrected chi connectivity index (χ0v) is 37.4. The van der Waals surface area contributed by atoms with Crippen molar-refractivity contribution in [2.24, 2.45) is 11.1 Å². The van der Waals surface area contributed by atoms with Gasteiger partial charge in [0.25, 0.3) is 0 Å². The van der Waals surface area contributed by atoms with Crippen molar-refractivity contribution in [1.82, 2.24) is 36.5 Å². The number of imide groups is 1. The van der Waals surface area contributed by atoms with Gasteiger partial charge in [0.05, 0.1) is 30.6 Å². The van der Waals surface area contributed by atoms with Crippen molar-refractivity contribution in [1.29, 1.82) is 0 Å². The summed E-state index contributed by atoms with van der Waals surface area (Å²) in [4.78, 5) is 86.3. The number of likely N-dealkylation sites (N-methyl/N-ethyl adjacent to an activating group) is 1. The fourth-order valence-corrected chi connectivity index (χ4v) is 7.87. The molecule has 3 unspecified atom stereocenters. The minimum absolute atomic E-state index is 0.00427. The van der Waals surface area contributed by atoms with Gasteiger partial charge in [0.1, 0.15) is 6.29 Å². The van der Waals surface area contributed by atoms with Gasteiger partial charge in [-0.15, -0.1) is 23.1 Å². The highest BCUT2D eigenvalue weighted by Gasteiger charge is 2.38. The standard InChI is InChI=1S/C25H44N4O7S.C11H17N3OS.C3H8N2O/c1-5-26-23(34)27-12-8-6-7-9-15-37-19-16-21(32)29(22(19)33)13-10-20(31)28-17-25(4,35)36-14-11-24(2,3)18-30;1-2-5-12-8-3-4-9-10(6-8)16-11(14-9)13-7-15;1-5-2-3(4)6/h18-19,35H,5-17H2,1-4H3,(H,28,31)(H2,26,27,34);7-8,12H,2-6H2,1H3,(H,13,14,15);5H,2H2,1H3,(H2,4,6). The van der Waals surface area contributed by atoms with Crippen molar-refractivity contribution in [2.45, 2.75) is 122 Å². The second-order valence-corrected chi connectivity index (χ2v) is 17.5. The van der Waals surface area contributed by atoms with Gasteiger partial charge in [-0.2, -0.15) is 0 Å². The van der Waals surface area contributed by atoms with Crippen LogP contribution in [0.5, 0.6) is 0 Å². The molecule has 1 fully saturated rings. The summed E-state index contributed by atoms with van der Waals surface area (Å²) in [5, 5.41) is 27.4. The number of aromatic nitrogens is 1. The van der Waals surface area contributed by atoms with Gasteiger partial charge < -0.3 is 52.3 Å². The number of nitrogens with two attached hydrogens (primary N) is 1. The molecule has 20 heteroatoms. The molecule has 7 amide bonds. The van der Waals surface area contributed by atoms with Gasteiger partial charge in [-0.05, 0) is 78.1 Å². The Balaban J connectivity index is 0.000000641. The number of carbonyl (C=O) groups excluding carboxylic acids is 7. The van der Waals surface area contributed by atoms with Crippen LogP contribution < -0.4 is 37.6 Å². The molecule has 1 aliphatic carbocycles. The van der Waals surface area contributed by atoms with Gasteiger partial charge in [0.2, 0.25) is 30.0 Å². The Morgan fingerprint density at radius 1 is 1.05 bits per heavy atom. The Morgan fingerprint density at radius 3 is 2.41 bits per heavy atom. The summed E-state index contributed by atoms with van der Waals surface area (Å²) in [6.45, 7) is 11.6. The van der Waals surface area contributed by atoms with Gasteiger partial charge in [0, 0.05) is 48.8 Å². The molecule has 3 rings (SSSR count). The molecule has 0 bridgehead atoms. The number of fused-ring (bicyclic) bond motifs is 1. The number of primary amides is 1. The minimum Gasteiger partial charge on any atom is -0.369 e. The normalized spacial score (nSPS) is 17.0. The van der Waals surface area contributed by atoms with Crippen molar-refractivity contribution in [3.63, 3.8) is 0 Å². The lowest BCUT2D eigenvalue weighted by Crippen LogP contribution is -2.44. The molecule has 0 spiro atoms. The van der Waals surface area contributed by atoms with Crippen LogP contribution >= 0.6 is 23.1 Å². The van der Waals surface area contributed by atoms with Crippen molar-refractivity contribution < 1.29 is 43.4 Å². The van der Waals surface area contributed by atoms with E-state index < -0.39 is 22.4 Å². The number of nitrogens with one attached hydrogen (secondary N) is 6. The number of carbonyl (C=O) groups is 7. The van der Waals surface area contributed by atoms with E-state index in [0.717, 1.165) is 73.6 Å². The number of unbranched alkanes of at least 4 members (excludes halogenated alkanes) is 3. The summed E-state index contributed by atoms with van der Waals surface area (Å²) in [6, 6.07) is 0.425. The zero-order chi connectivity index (χ0) is 44.3. The van der Waals surface area contributed by atoms with E-state index in [1.165, 1.54) is 35.7 Å². The first-order valence-corrected chi connectivity index (χ1v) is 22.3. The number of ether oxygens (including phenoxy) is 1. The molecule has 59 heavy (non-hydrogen) atoms. The maximum absolute atomic E-state index is 12.6. The SMILES string of the molecule is CCCNC1CCc2nc(NC=O)sc2C1.CCNC(=O)NCCCCCCSC1CC(=O)N(CCC(=O)NCC(C)(O)OCCC(C)(C)C=O)C1=O.CNCC(N)=O. The van der Waals surface area contributed by atoms with Crippen LogP contribution in [0.1, 0.15) is 103 Å². The summed E-state index contributed by atoms with van der Waals surface area (Å²) in [6.07, 6.45) is 10.2. The Hall–Kier alpha value is -3.69. The highest BCUT2D eigenvalue weighted by Crippen LogP contribution is 2.30. The smallest absolute Gasteiger partial charge is 0.314 e. The first-order chi connectivity index (χ1) is 28.0. The number of aliphatic hydroxyl groups is 1. The van der Waals surface area contributed by atoms with Crippen LogP contribution in [0.15, 0.2) is 0 Å². The second kappa shape index (κ2) is 29.5. The van der Waals surface area contributed by atoms with Gasteiger partial charge in [-0.1, -0.05) is 33.6 Å². The summed E-state index contributed by atoms with van der Waals surface area (Å²) >= 11 is 3.07. The fourth-order valence-electron chi connectivity index (χ4n) is 5.64. The van der Waals surface area contributed by atoms with Gasteiger partial charge in [-0.25, -0.2) is 9.78 Å². The van der Waals surface area contributed by atoms with Gasteiger partial charge in [0.15, 0.2) is 10.9 Å². The molecule has 336 valence electrons. The van der Waals surface area contributed by atoms with E-state index in [0.29, 0.717) is 32.0 Å². The van der Waals surface area contributed by atoms with Crippen molar-refractivity contribution in [2.75, 3.05) is 64.0 Å². The summed E-state index contributed by atoms with van der Waals surface area (Å²) in [7, 11) is 1.67. The monoisotopic (exact) mass is 871 g/mol. The number of amides is 7. The second-order valence-electron chi connectivity index (χ2n) is 15.1. The molecule has 2 aliphatic rings. The molecular weight excluding hydrogens is 803 g/mol. The van der Waals surface area contributed by atoms with E-state index >= 15 is 0 Å². The number of likely N-dealkylation sites (tertiary alicyclic amines) is 1. The lowest BCUT2D eigenvalue weighted by atomic mass is 9.92. The van der Waals surface area contributed by atoms with Crippen molar-refractivity contribution >= 4 is 70.6 Å². The largest absolute Gasteiger partial charge is 0.369 e. The zero-order valence-electron chi connectivity index (χ0n) is 35.7. The highest BCUT2D eigenvalue weighted by molar-refractivity contribution is 8.00. The lowest BCUT2D eigenvalue weighted by molar-refractivity contribution is -0.190. The molecule has 1 aliphatic heterocycles. The molecule has 2 heterocycles. The maximum Gasteiger partial charge on any atom is 0.314 e. The quantitative estimate of drug-likeness (QED) is 0.0286. The maximum atomic E-state index is 12.6. The number of urea groups is 1. The molecular formula is C39H69N9O9S2. The van der Waals surface area contributed by atoms with Crippen LogP contribution in [0.25, 0.3) is 0 Å². The van der Waals surface area contributed by atoms with E-state index in [9.17, 15) is 38.7 Å². The average Bonchev–Trinajstić information content (AvgIpc) is 3.71. The van der Waals surface area contributed by atoms with Crippen LogP contribution in [0.2, 0.25) is 0 Å². The summed E-state index contributed by atoms with van der Waals surface area (Å²) < 4.78 is 5.38. The highest BCUT2D eigenvalue weighted by atomic mass is 32.2. The van der Waals surface area contributed by atoms with Crippen LogP contribution in [0, 0.1) is 5.41 Å². The third-order valence-corrected chi connectivity index (χ3v) is 11.4. The first kappa shape index (κ1) is 53.3. The molecule has 0 saturated carbocycles. The van der Waals surface area contributed by atoms with Crippen molar-refractivity contribution in [3.05, 3.63) is 10.6 Å². The third kappa shape index (κ3) is 23.6. The minimum atomic E-state index is -1.60. The molecule has 1 saturated heterocycles. The molecule has 1 aromatic rings. The van der Waals surface area contributed by atoms with Crippen LogP contribution in [0.4, 0.5) is 9.93 Å².